The summed E-state index contributed by atoms with van der Waals surface area (Å²) in [6.07, 6.45) is 0. The summed E-state index contributed by atoms with van der Waals surface area (Å²) in [5.41, 5.74) is 2.32. The molecule has 0 amide bonds. The van der Waals surface area contributed by atoms with Crippen molar-refractivity contribution in [1.29, 1.82) is 0 Å². The number of ether oxygens (including phenoxy) is 1. The van der Waals surface area contributed by atoms with Crippen molar-refractivity contribution in [2.75, 3.05) is 6.61 Å². The average molecular weight is 369 g/mol. The normalized spacial score (nSPS) is 12.2. The first kappa shape index (κ1) is 16.3. The van der Waals surface area contributed by atoms with Crippen molar-refractivity contribution >= 4 is 27.5 Å². The third kappa shape index (κ3) is 5.34. The van der Waals surface area contributed by atoms with Crippen LogP contribution in [0.4, 0.5) is 0 Å². The van der Waals surface area contributed by atoms with Gasteiger partial charge in [0.25, 0.3) is 0 Å². The fourth-order valence-electron chi connectivity index (χ4n) is 1.86. The van der Waals surface area contributed by atoms with Gasteiger partial charge in [-0.2, -0.15) is 0 Å². The van der Waals surface area contributed by atoms with Crippen molar-refractivity contribution in [2.24, 2.45) is 0 Å². The van der Waals surface area contributed by atoms with Crippen LogP contribution in [-0.4, -0.2) is 12.6 Å². The Labute approximate surface area is 139 Å². The van der Waals surface area contributed by atoms with E-state index in [2.05, 4.69) is 47.2 Å². The molecule has 0 radical (unpaired) electrons. The highest BCUT2D eigenvalue weighted by atomic mass is 79.9. The molecular weight excluding hydrogens is 350 g/mol. The van der Waals surface area contributed by atoms with E-state index in [0.717, 1.165) is 27.4 Å². The van der Waals surface area contributed by atoms with E-state index < -0.39 is 0 Å². The maximum Gasteiger partial charge on any atom is 0.119 e. The summed E-state index contributed by atoms with van der Waals surface area (Å²) in [5.74, 6) is 0.899. The average Bonchev–Trinajstić information content (AvgIpc) is 2.46. The van der Waals surface area contributed by atoms with E-state index in [-0.39, 0.29) is 6.04 Å². The lowest BCUT2D eigenvalue weighted by atomic mass is 10.2. The van der Waals surface area contributed by atoms with E-state index in [1.807, 2.05) is 30.3 Å². The largest absolute Gasteiger partial charge is 0.492 e. The lowest BCUT2D eigenvalue weighted by Gasteiger charge is -2.16. The number of aryl methyl sites for hydroxylation is 1. The third-order valence-corrected chi connectivity index (χ3v) is 4.02. The molecular formula is C17H19BrClNO. The molecule has 0 saturated heterocycles. The molecule has 2 aromatic rings. The Morgan fingerprint density at radius 3 is 2.57 bits per heavy atom. The molecule has 4 heteroatoms. The second-order valence-electron chi connectivity index (χ2n) is 5.14. The van der Waals surface area contributed by atoms with Gasteiger partial charge in [-0.05, 0) is 43.7 Å². The Kier molecular flexibility index (Phi) is 6.09. The molecule has 0 spiro atoms. The van der Waals surface area contributed by atoms with Crippen LogP contribution < -0.4 is 10.1 Å². The quantitative estimate of drug-likeness (QED) is 0.777. The molecule has 112 valence electrons. The van der Waals surface area contributed by atoms with Gasteiger partial charge in [-0.1, -0.05) is 51.3 Å². The minimum absolute atomic E-state index is 0.242. The highest BCUT2D eigenvalue weighted by Gasteiger charge is 2.05. The molecule has 2 aromatic carbocycles. The fraction of sp³-hybridized carbons (Fsp3) is 0.294. The zero-order chi connectivity index (χ0) is 15.2. The van der Waals surface area contributed by atoms with Crippen molar-refractivity contribution in [3.63, 3.8) is 0 Å². The van der Waals surface area contributed by atoms with Crippen LogP contribution in [0.1, 0.15) is 18.1 Å². The van der Waals surface area contributed by atoms with Gasteiger partial charge in [0.15, 0.2) is 0 Å². The van der Waals surface area contributed by atoms with Crippen molar-refractivity contribution in [2.45, 2.75) is 26.4 Å². The molecule has 0 aliphatic heterocycles. The SMILES string of the molecule is Cc1ccc(OCC(C)NCc2ccc(Br)cc2Cl)cc1. The van der Waals surface area contributed by atoms with Crippen LogP contribution in [0.15, 0.2) is 46.9 Å². The monoisotopic (exact) mass is 367 g/mol. The molecule has 0 bridgehead atoms. The molecule has 0 saturated carbocycles. The van der Waals surface area contributed by atoms with Crippen LogP contribution in [0.3, 0.4) is 0 Å². The Balaban J connectivity index is 1.79. The number of hydrogen-bond donors (Lipinski definition) is 1. The van der Waals surface area contributed by atoms with Crippen LogP contribution in [0, 0.1) is 6.92 Å². The summed E-state index contributed by atoms with van der Waals surface area (Å²) >= 11 is 9.61. The van der Waals surface area contributed by atoms with Crippen LogP contribution in [0.5, 0.6) is 5.75 Å². The molecule has 0 fully saturated rings. The van der Waals surface area contributed by atoms with Gasteiger partial charge in [0.05, 0.1) is 0 Å². The van der Waals surface area contributed by atoms with Gasteiger partial charge in [-0.25, -0.2) is 0 Å². The highest BCUT2D eigenvalue weighted by molar-refractivity contribution is 9.10. The van der Waals surface area contributed by atoms with E-state index in [9.17, 15) is 0 Å². The van der Waals surface area contributed by atoms with Crippen LogP contribution in [-0.2, 0) is 6.54 Å². The van der Waals surface area contributed by atoms with Gasteiger partial charge >= 0.3 is 0 Å². The topological polar surface area (TPSA) is 21.3 Å². The molecule has 21 heavy (non-hydrogen) atoms. The third-order valence-electron chi connectivity index (χ3n) is 3.18. The maximum atomic E-state index is 6.20. The van der Waals surface area contributed by atoms with Gasteiger partial charge in [0.2, 0.25) is 0 Å². The summed E-state index contributed by atoms with van der Waals surface area (Å²) in [5, 5.41) is 4.18. The number of hydrogen-bond acceptors (Lipinski definition) is 2. The van der Waals surface area contributed by atoms with Crippen molar-refractivity contribution in [1.82, 2.24) is 5.32 Å². The van der Waals surface area contributed by atoms with E-state index in [0.29, 0.717) is 6.61 Å². The summed E-state index contributed by atoms with van der Waals surface area (Å²) < 4.78 is 6.75. The first-order valence-corrected chi connectivity index (χ1v) is 8.08. The van der Waals surface area contributed by atoms with Crippen molar-refractivity contribution in [3.8, 4) is 5.75 Å². The summed E-state index contributed by atoms with van der Waals surface area (Å²) in [4.78, 5) is 0. The minimum atomic E-state index is 0.242. The Morgan fingerprint density at radius 2 is 1.90 bits per heavy atom. The second-order valence-corrected chi connectivity index (χ2v) is 6.46. The number of rotatable bonds is 6. The van der Waals surface area contributed by atoms with E-state index >= 15 is 0 Å². The van der Waals surface area contributed by atoms with Gasteiger partial charge in [-0.3, -0.25) is 0 Å². The van der Waals surface area contributed by atoms with Crippen LogP contribution in [0.25, 0.3) is 0 Å². The summed E-state index contributed by atoms with van der Waals surface area (Å²) in [6, 6.07) is 14.3. The van der Waals surface area contributed by atoms with Gasteiger partial charge in [0, 0.05) is 22.1 Å². The number of benzene rings is 2. The van der Waals surface area contributed by atoms with Crippen molar-refractivity contribution in [3.05, 3.63) is 63.1 Å². The molecule has 0 aliphatic carbocycles. The first-order chi connectivity index (χ1) is 10.0. The predicted octanol–water partition coefficient (Wildman–Crippen LogP) is 4.97. The molecule has 1 atom stereocenters. The Bertz CT molecular complexity index is 586. The maximum absolute atomic E-state index is 6.20. The molecule has 0 aromatic heterocycles. The Hall–Kier alpha value is -1.03. The van der Waals surface area contributed by atoms with Gasteiger partial charge in [0.1, 0.15) is 12.4 Å². The Morgan fingerprint density at radius 1 is 1.19 bits per heavy atom. The molecule has 2 rings (SSSR count). The molecule has 1 N–H and O–H groups in total. The summed E-state index contributed by atoms with van der Waals surface area (Å²) in [7, 11) is 0. The smallest absolute Gasteiger partial charge is 0.119 e. The predicted molar refractivity (Wildman–Crippen MR) is 92.1 cm³/mol. The molecule has 2 nitrogen and oxygen atoms in total. The fourth-order valence-corrected chi connectivity index (χ4v) is 2.60. The van der Waals surface area contributed by atoms with E-state index in [4.69, 9.17) is 16.3 Å². The number of halogens is 2. The zero-order valence-corrected chi connectivity index (χ0v) is 14.5. The molecule has 0 aliphatic rings. The van der Waals surface area contributed by atoms with Crippen LogP contribution >= 0.6 is 27.5 Å². The highest BCUT2D eigenvalue weighted by Crippen LogP contribution is 2.21. The number of nitrogens with one attached hydrogen (secondary N) is 1. The van der Waals surface area contributed by atoms with Gasteiger partial charge in [-0.15, -0.1) is 0 Å². The second kappa shape index (κ2) is 7.83. The zero-order valence-electron chi connectivity index (χ0n) is 12.2. The lowest BCUT2D eigenvalue weighted by molar-refractivity contribution is 0.272. The van der Waals surface area contributed by atoms with E-state index in [1.54, 1.807) is 0 Å². The molecule has 0 heterocycles. The standard InChI is InChI=1S/C17H19BrClNO/c1-12-3-7-16(8-4-12)21-11-13(2)20-10-14-5-6-15(18)9-17(14)19/h3-9,13,20H,10-11H2,1-2H3. The lowest BCUT2D eigenvalue weighted by Crippen LogP contribution is -2.31. The van der Waals surface area contributed by atoms with Gasteiger partial charge < -0.3 is 10.1 Å². The molecule has 1 unspecified atom stereocenters. The first-order valence-electron chi connectivity index (χ1n) is 6.91. The minimum Gasteiger partial charge on any atom is -0.492 e. The van der Waals surface area contributed by atoms with Crippen LogP contribution in [0.2, 0.25) is 5.02 Å². The van der Waals surface area contributed by atoms with E-state index in [1.165, 1.54) is 5.56 Å². The van der Waals surface area contributed by atoms with Crippen molar-refractivity contribution < 1.29 is 4.74 Å². The summed E-state index contributed by atoms with van der Waals surface area (Å²) in [6.45, 7) is 5.51.